The molecule has 0 aliphatic heterocycles. The zero-order valence-corrected chi connectivity index (χ0v) is 11.4. The van der Waals surface area contributed by atoms with Gasteiger partial charge in [0, 0.05) is 10.5 Å². The molecule has 0 amide bonds. The van der Waals surface area contributed by atoms with Gasteiger partial charge >= 0.3 is 0 Å². The highest BCUT2D eigenvalue weighted by Crippen LogP contribution is 2.20. The van der Waals surface area contributed by atoms with Crippen molar-refractivity contribution in [2.75, 3.05) is 5.75 Å². The van der Waals surface area contributed by atoms with Gasteiger partial charge in [0.15, 0.2) is 5.78 Å². The maximum atomic E-state index is 12.0. The molecule has 0 aromatic heterocycles. The molecule has 0 radical (unpaired) electrons. The van der Waals surface area contributed by atoms with Gasteiger partial charge in [-0.05, 0) is 31.2 Å². The summed E-state index contributed by atoms with van der Waals surface area (Å²) in [6, 6.07) is 16.9. The molecule has 0 aliphatic carbocycles. The lowest BCUT2D eigenvalue weighted by Crippen LogP contribution is -2.02. The number of rotatable bonds is 4. The molecule has 2 rings (SSSR count). The van der Waals surface area contributed by atoms with Crippen molar-refractivity contribution in [2.45, 2.75) is 11.8 Å². The molecule has 0 saturated heterocycles. The molecular weight excluding hydrogens is 254 g/mol. The molecule has 0 atom stereocenters. The molecular formula is C16H13NOS. The van der Waals surface area contributed by atoms with Crippen LogP contribution >= 0.6 is 11.8 Å². The standard InChI is InChI=1S/C16H13NOS/c1-12-3-2-4-15(9-12)19-11-16(18)14-7-5-13(10-17)6-8-14/h2-9H,11H2,1H3. The monoisotopic (exact) mass is 267 g/mol. The van der Waals surface area contributed by atoms with Crippen molar-refractivity contribution in [1.29, 1.82) is 5.26 Å². The third-order valence-corrected chi connectivity index (χ3v) is 3.69. The molecule has 0 aliphatic rings. The minimum Gasteiger partial charge on any atom is -0.293 e. The van der Waals surface area contributed by atoms with Gasteiger partial charge in [0.2, 0.25) is 0 Å². The summed E-state index contributed by atoms with van der Waals surface area (Å²) in [6.45, 7) is 2.03. The van der Waals surface area contributed by atoms with Crippen LogP contribution < -0.4 is 0 Å². The van der Waals surface area contributed by atoms with Crippen molar-refractivity contribution in [2.24, 2.45) is 0 Å². The summed E-state index contributed by atoms with van der Waals surface area (Å²) in [5.74, 6) is 0.492. The number of thioether (sulfide) groups is 1. The van der Waals surface area contributed by atoms with Crippen LogP contribution in [0.3, 0.4) is 0 Å². The zero-order valence-electron chi connectivity index (χ0n) is 10.6. The number of carbonyl (C=O) groups is 1. The zero-order chi connectivity index (χ0) is 13.7. The normalized spacial score (nSPS) is 9.89. The second kappa shape index (κ2) is 6.21. The summed E-state index contributed by atoms with van der Waals surface area (Å²) < 4.78 is 0. The van der Waals surface area contributed by atoms with Crippen LogP contribution in [0.25, 0.3) is 0 Å². The Morgan fingerprint density at radius 2 is 1.95 bits per heavy atom. The summed E-state index contributed by atoms with van der Waals surface area (Å²) in [7, 11) is 0. The second-order valence-electron chi connectivity index (χ2n) is 4.22. The van der Waals surface area contributed by atoms with Crippen molar-refractivity contribution in [3.8, 4) is 6.07 Å². The molecule has 0 heterocycles. The van der Waals surface area contributed by atoms with E-state index in [1.165, 1.54) is 17.3 Å². The van der Waals surface area contributed by atoms with Gasteiger partial charge in [0.05, 0.1) is 17.4 Å². The van der Waals surface area contributed by atoms with Gasteiger partial charge in [-0.15, -0.1) is 11.8 Å². The Kier molecular flexibility index (Phi) is 4.38. The lowest BCUT2D eigenvalue weighted by atomic mass is 10.1. The van der Waals surface area contributed by atoms with Gasteiger partial charge in [-0.1, -0.05) is 29.8 Å². The summed E-state index contributed by atoms with van der Waals surface area (Å²) in [5.41, 5.74) is 2.41. The van der Waals surface area contributed by atoms with Crippen LogP contribution in [-0.4, -0.2) is 11.5 Å². The average Bonchev–Trinajstić information content (AvgIpc) is 2.45. The van der Waals surface area contributed by atoms with E-state index in [4.69, 9.17) is 5.26 Å². The Morgan fingerprint density at radius 3 is 2.58 bits per heavy atom. The van der Waals surface area contributed by atoms with E-state index in [-0.39, 0.29) is 5.78 Å². The largest absolute Gasteiger partial charge is 0.293 e. The Morgan fingerprint density at radius 1 is 1.21 bits per heavy atom. The summed E-state index contributed by atoms with van der Waals surface area (Å²) >= 11 is 1.53. The molecule has 2 aromatic carbocycles. The van der Waals surface area contributed by atoms with E-state index in [1.807, 2.05) is 31.2 Å². The van der Waals surface area contributed by atoms with E-state index < -0.39 is 0 Å². The molecule has 0 fully saturated rings. The number of hydrogen-bond acceptors (Lipinski definition) is 3. The van der Waals surface area contributed by atoms with E-state index in [9.17, 15) is 4.79 Å². The molecule has 0 unspecified atom stereocenters. The Hall–Kier alpha value is -2.05. The first-order valence-electron chi connectivity index (χ1n) is 5.92. The third kappa shape index (κ3) is 3.70. The van der Waals surface area contributed by atoms with E-state index in [1.54, 1.807) is 24.3 Å². The molecule has 3 heteroatoms. The second-order valence-corrected chi connectivity index (χ2v) is 5.27. The van der Waals surface area contributed by atoms with Crippen LogP contribution in [0.15, 0.2) is 53.4 Å². The van der Waals surface area contributed by atoms with Crippen LogP contribution in [0.5, 0.6) is 0 Å². The van der Waals surface area contributed by atoms with Gasteiger partial charge in [0.25, 0.3) is 0 Å². The maximum absolute atomic E-state index is 12.0. The first-order chi connectivity index (χ1) is 9.19. The number of Topliss-reactive ketones (excluding diaryl/α,β-unsaturated/α-hetero) is 1. The predicted molar refractivity (Wildman–Crippen MR) is 77.4 cm³/mol. The molecule has 0 bridgehead atoms. The summed E-state index contributed by atoms with van der Waals surface area (Å²) in [5, 5.41) is 8.71. The first kappa shape index (κ1) is 13.4. The Bertz CT molecular complexity index is 626. The smallest absolute Gasteiger partial charge is 0.173 e. The molecule has 0 saturated carbocycles. The van der Waals surface area contributed by atoms with Crippen LogP contribution in [0.2, 0.25) is 0 Å². The van der Waals surface area contributed by atoms with Crippen molar-refractivity contribution < 1.29 is 4.79 Å². The first-order valence-corrected chi connectivity index (χ1v) is 6.90. The van der Waals surface area contributed by atoms with Crippen molar-refractivity contribution >= 4 is 17.5 Å². The van der Waals surface area contributed by atoms with Gasteiger partial charge in [-0.25, -0.2) is 0 Å². The molecule has 94 valence electrons. The molecule has 0 N–H and O–H groups in total. The van der Waals surface area contributed by atoms with E-state index >= 15 is 0 Å². The van der Waals surface area contributed by atoms with Gasteiger partial charge in [0.1, 0.15) is 0 Å². The van der Waals surface area contributed by atoms with Crippen LogP contribution in [0, 0.1) is 18.3 Å². The molecule has 2 nitrogen and oxygen atoms in total. The summed E-state index contributed by atoms with van der Waals surface area (Å²) in [6.07, 6.45) is 0. The van der Waals surface area contributed by atoms with Gasteiger partial charge in [-0.2, -0.15) is 5.26 Å². The fraction of sp³-hybridized carbons (Fsp3) is 0.125. The molecule has 2 aromatic rings. The fourth-order valence-corrected chi connectivity index (χ4v) is 2.58. The molecule has 0 spiro atoms. The SMILES string of the molecule is Cc1cccc(SCC(=O)c2ccc(C#N)cc2)c1. The topological polar surface area (TPSA) is 40.9 Å². The van der Waals surface area contributed by atoms with E-state index in [0.29, 0.717) is 16.9 Å². The molecule has 19 heavy (non-hydrogen) atoms. The third-order valence-electron chi connectivity index (χ3n) is 2.70. The van der Waals surface area contributed by atoms with Crippen LogP contribution in [0.1, 0.15) is 21.5 Å². The van der Waals surface area contributed by atoms with Crippen LogP contribution in [-0.2, 0) is 0 Å². The minimum absolute atomic E-state index is 0.0796. The van der Waals surface area contributed by atoms with Gasteiger partial charge in [-0.3, -0.25) is 4.79 Å². The lowest BCUT2D eigenvalue weighted by molar-refractivity contribution is 0.102. The summed E-state index contributed by atoms with van der Waals surface area (Å²) in [4.78, 5) is 13.1. The number of aryl methyl sites for hydroxylation is 1. The van der Waals surface area contributed by atoms with Gasteiger partial charge < -0.3 is 0 Å². The quantitative estimate of drug-likeness (QED) is 0.624. The number of hydrogen-bond donors (Lipinski definition) is 0. The minimum atomic E-state index is 0.0796. The predicted octanol–water partition coefficient (Wildman–Crippen LogP) is 3.84. The number of nitriles is 1. The highest BCUT2D eigenvalue weighted by Gasteiger charge is 2.06. The van der Waals surface area contributed by atoms with Crippen molar-refractivity contribution in [1.82, 2.24) is 0 Å². The highest BCUT2D eigenvalue weighted by atomic mass is 32.2. The number of benzene rings is 2. The lowest BCUT2D eigenvalue weighted by Gasteiger charge is -2.03. The average molecular weight is 267 g/mol. The number of carbonyl (C=O) groups excluding carboxylic acids is 1. The fourth-order valence-electron chi connectivity index (χ4n) is 1.67. The van der Waals surface area contributed by atoms with Crippen molar-refractivity contribution in [3.63, 3.8) is 0 Å². The highest BCUT2D eigenvalue weighted by molar-refractivity contribution is 8.00. The van der Waals surface area contributed by atoms with Crippen LogP contribution in [0.4, 0.5) is 0 Å². The van der Waals surface area contributed by atoms with E-state index in [2.05, 4.69) is 6.07 Å². The number of ketones is 1. The Balaban J connectivity index is 1.99. The Labute approximate surface area is 117 Å². The van der Waals surface area contributed by atoms with E-state index in [0.717, 1.165) is 4.90 Å². The van der Waals surface area contributed by atoms with Crippen molar-refractivity contribution in [3.05, 3.63) is 65.2 Å². The number of nitrogens with zero attached hydrogens (tertiary/aromatic N) is 1. The maximum Gasteiger partial charge on any atom is 0.173 e.